The Bertz CT molecular complexity index is 622. The Morgan fingerprint density at radius 2 is 2.00 bits per heavy atom. The fourth-order valence-corrected chi connectivity index (χ4v) is 2.42. The number of hydrogen-bond acceptors (Lipinski definition) is 5. The Morgan fingerprint density at radius 1 is 1.33 bits per heavy atom. The minimum absolute atomic E-state index is 0.203. The van der Waals surface area contributed by atoms with E-state index < -0.39 is 44.7 Å². The van der Waals surface area contributed by atoms with Crippen LogP contribution >= 0.6 is 0 Å². The van der Waals surface area contributed by atoms with Crippen LogP contribution < -0.4 is 15.8 Å². The van der Waals surface area contributed by atoms with Crippen molar-refractivity contribution in [1.82, 2.24) is 10.0 Å². The van der Waals surface area contributed by atoms with Crippen LogP contribution in [0.1, 0.15) is 0 Å². The van der Waals surface area contributed by atoms with Crippen LogP contribution in [-0.4, -0.2) is 41.1 Å². The van der Waals surface area contributed by atoms with Gasteiger partial charge < -0.3 is 15.8 Å². The molecule has 0 spiro atoms. The van der Waals surface area contributed by atoms with Crippen molar-refractivity contribution in [2.75, 3.05) is 32.5 Å². The summed E-state index contributed by atoms with van der Waals surface area (Å²) >= 11 is 0. The molecule has 118 valence electrons. The normalized spacial score (nSPS) is 11.4. The number of halogens is 2. The molecule has 1 aromatic carbocycles. The average molecular weight is 323 g/mol. The first-order chi connectivity index (χ1) is 9.77. The number of nitrogens with two attached hydrogens (primary N) is 1. The third-order valence-electron chi connectivity index (χ3n) is 2.39. The van der Waals surface area contributed by atoms with Gasteiger partial charge in [0.25, 0.3) is 0 Å². The number of benzene rings is 1. The fourth-order valence-electron chi connectivity index (χ4n) is 1.34. The summed E-state index contributed by atoms with van der Waals surface area (Å²) in [5.74, 6) is -2.98. The van der Waals surface area contributed by atoms with E-state index in [9.17, 15) is 22.0 Å². The molecule has 0 unspecified atom stereocenters. The van der Waals surface area contributed by atoms with Gasteiger partial charge in [-0.3, -0.25) is 4.79 Å². The molecule has 0 aliphatic rings. The van der Waals surface area contributed by atoms with Crippen LogP contribution in [0.5, 0.6) is 0 Å². The van der Waals surface area contributed by atoms with Crippen molar-refractivity contribution >= 4 is 21.6 Å². The van der Waals surface area contributed by atoms with Crippen molar-refractivity contribution in [2.45, 2.75) is 4.90 Å². The summed E-state index contributed by atoms with van der Waals surface area (Å²) in [7, 11) is -2.88. The maximum Gasteiger partial charge on any atom is 0.244 e. The number of nitrogen functional groups attached to an aromatic ring is 1. The summed E-state index contributed by atoms with van der Waals surface area (Å²) in [4.78, 5) is 10.5. The minimum Gasteiger partial charge on any atom is -0.396 e. The van der Waals surface area contributed by atoms with E-state index >= 15 is 0 Å². The first-order valence-corrected chi connectivity index (χ1v) is 7.26. The molecule has 10 heteroatoms. The zero-order valence-electron chi connectivity index (χ0n) is 11.2. The molecule has 7 nitrogen and oxygen atoms in total. The summed E-state index contributed by atoms with van der Waals surface area (Å²) in [6.45, 7) is -0.126. The summed E-state index contributed by atoms with van der Waals surface area (Å²) in [6, 6.07) is 1.01. The number of methoxy groups -OCH3 is 1. The lowest BCUT2D eigenvalue weighted by Crippen LogP contribution is -2.38. The molecule has 1 rings (SSSR count). The number of carbonyl (C=O) groups is 1. The molecule has 21 heavy (non-hydrogen) atoms. The van der Waals surface area contributed by atoms with Gasteiger partial charge in [-0.05, 0) is 6.07 Å². The number of nitrogens with one attached hydrogen (secondary N) is 2. The van der Waals surface area contributed by atoms with E-state index in [0.29, 0.717) is 12.1 Å². The van der Waals surface area contributed by atoms with Crippen molar-refractivity contribution < 1.29 is 26.7 Å². The molecular formula is C11H15F2N3O4S. The molecule has 0 atom stereocenters. The molecule has 0 aromatic heterocycles. The van der Waals surface area contributed by atoms with Gasteiger partial charge in [0.15, 0.2) is 0 Å². The predicted molar refractivity (Wildman–Crippen MR) is 70.8 cm³/mol. The second-order valence-electron chi connectivity index (χ2n) is 3.97. The van der Waals surface area contributed by atoms with E-state index in [2.05, 4.69) is 5.32 Å². The van der Waals surface area contributed by atoms with E-state index in [1.807, 2.05) is 4.72 Å². The van der Waals surface area contributed by atoms with Gasteiger partial charge in [0.1, 0.15) is 16.5 Å². The summed E-state index contributed by atoms with van der Waals surface area (Å²) in [6.07, 6.45) is 0. The summed E-state index contributed by atoms with van der Waals surface area (Å²) < 4.78 is 56.7. The lowest BCUT2D eigenvalue weighted by molar-refractivity contribution is -0.120. The van der Waals surface area contributed by atoms with Crippen molar-refractivity contribution in [3.63, 3.8) is 0 Å². The third-order valence-corrected chi connectivity index (χ3v) is 3.81. The average Bonchev–Trinajstić information content (AvgIpc) is 2.41. The molecule has 4 N–H and O–H groups in total. The molecular weight excluding hydrogens is 308 g/mol. The van der Waals surface area contributed by atoms with E-state index in [1.54, 1.807) is 0 Å². The quantitative estimate of drug-likeness (QED) is 0.467. The van der Waals surface area contributed by atoms with Gasteiger partial charge in [-0.1, -0.05) is 0 Å². The SMILES string of the molecule is COCCNC(=O)CNS(=O)(=O)c1cc(N)c(F)cc1F. The Kier molecular flexibility index (Phi) is 6.00. The molecule has 0 heterocycles. The number of amides is 1. The van der Waals surface area contributed by atoms with Crippen molar-refractivity contribution in [2.24, 2.45) is 0 Å². The molecule has 0 aliphatic carbocycles. The minimum atomic E-state index is -4.32. The molecule has 0 saturated heterocycles. The highest BCUT2D eigenvalue weighted by atomic mass is 32.2. The van der Waals surface area contributed by atoms with Gasteiger partial charge in [0.2, 0.25) is 15.9 Å². The lowest BCUT2D eigenvalue weighted by atomic mass is 10.3. The fraction of sp³-hybridized carbons (Fsp3) is 0.364. The van der Waals surface area contributed by atoms with E-state index in [0.717, 1.165) is 0 Å². The van der Waals surface area contributed by atoms with Crippen LogP contribution in [-0.2, 0) is 19.6 Å². The second-order valence-corrected chi connectivity index (χ2v) is 5.71. The molecule has 0 saturated carbocycles. The Morgan fingerprint density at radius 3 is 2.62 bits per heavy atom. The van der Waals surface area contributed by atoms with E-state index in [1.165, 1.54) is 7.11 Å². The standard InChI is InChI=1S/C11H15F2N3O4S/c1-20-3-2-15-11(17)6-16-21(18,19)10-5-9(14)7(12)4-8(10)13/h4-5,16H,2-3,6,14H2,1H3,(H,15,17). The number of carbonyl (C=O) groups excluding carboxylic acids is 1. The number of sulfonamides is 1. The smallest absolute Gasteiger partial charge is 0.244 e. The van der Waals surface area contributed by atoms with Crippen LogP contribution in [0, 0.1) is 11.6 Å². The van der Waals surface area contributed by atoms with Crippen LogP contribution in [0.3, 0.4) is 0 Å². The Hall–Kier alpha value is -1.78. The highest BCUT2D eigenvalue weighted by Gasteiger charge is 2.21. The third kappa shape index (κ3) is 4.92. The van der Waals surface area contributed by atoms with Crippen molar-refractivity contribution in [3.05, 3.63) is 23.8 Å². The van der Waals surface area contributed by atoms with Gasteiger partial charge in [0.05, 0.1) is 18.8 Å². The van der Waals surface area contributed by atoms with Gasteiger partial charge in [-0.2, -0.15) is 0 Å². The monoisotopic (exact) mass is 323 g/mol. The Labute approximate surface area is 120 Å². The van der Waals surface area contributed by atoms with Crippen molar-refractivity contribution in [3.8, 4) is 0 Å². The maximum atomic E-state index is 13.5. The molecule has 1 amide bonds. The highest BCUT2D eigenvalue weighted by molar-refractivity contribution is 7.89. The van der Waals surface area contributed by atoms with Gasteiger partial charge in [-0.25, -0.2) is 21.9 Å². The largest absolute Gasteiger partial charge is 0.396 e. The van der Waals surface area contributed by atoms with Crippen LogP contribution in [0.25, 0.3) is 0 Å². The topological polar surface area (TPSA) is 111 Å². The molecule has 0 fully saturated rings. The van der Waals surface area contributed by atoms with Crippen LogP contribution in [0.15, 0.2) is 17.0 Å². The van der Waals surface area contributed by atoms with Crippen LogP contribution in [0.4, 0.5) is 14.5 Å². The first-order valence-electron chi connectivity index (χ1n) is 5.77. The molecule has 0 bridgehead atoms. The van der Waals surface area contributed by atoms with E-state index in [4.69, 9.17) is 10.5 Å². The van der Waals surface area contributed by atoms with E-state index in [-0.39, 0.29) is 13.2 Å². The maximum absolute atomic E-state index is 13.5. The zero-order valence-corrected chi connectivity index (χ0v) is 12.0. The lowest BCUT2D eigenvalue weighted by Gasteiger charge is -2.09. The highest BCUT2D eigenvalue weighted by Crippen LogP contribution is 2.20. The Balaban J connectivity index is 2.74. The summed E-state index contributed by atoms with van der Waals surface area (Å²) in [5.41, 5.74) is 4.68. The first kappa shape index (κ1) is 17.3. The molecule has 0 aliphatic heterocycles. The molecule has 1 aromatic rings. The van der Waals surface area contributed by atoms with Crippen molar-refractivity contribution in [1.29, 1.82) is 0 Å². The zero-order chi connectivity index (χ0) is 16.0. The van der Waals surface area contributed by atoms with Crippen LogP contribution in [0.2, 0.25) is 0 Å². The number of ether oxygens (including phenoxy) is 1. The van der Waals surface area contributed by atoms with Gasteiger partial charge in [-0.15, -0.1) is 0 Å². The molecule has 0 radical (unpaired) electrons. The van der Waals surface area contributed by atoms with Gasteiger partial charge in [0, 0.05) is 19.7 Å². The predicted octanol–water partition coefficient (Wildman–Crippen LogP) is -0.412. The van der Waals surface area contributed by atoms with Gasteiger partial charge >= 0.3 is 0 Å². The summed E-state index contributed by atoms with van der Waals surface area (Å²) in [5, 5.41) is 2.37. The second kappa shape index (κ2) is 7.29. The number of rotatable bonds is 7. The number of hydrogen-bond donors (Lipinski definition) is 3. The number of anilines is 1.